The molecule has 3 heteroatoms. The predicted octanol–water partition coefficient (Wildman–Crippen LogP) is 3.25. The fourth-order valence-corrected chi connectivity index (χ4v) is 2.20. The molecular weight excluding hydrogens is 224 g/mol. The van der Waals surface area contributed by atoms with Crippen molar-refractivity contribution in [1.82, 2.24) is 9.55 Å². The van der Waals surface area contributed by atoms with E-state index in [-0.39, 0.29) is 5.75 Å². The van der Waals surface area contributed by atoms with Crippen molar-refractivity contribution in [3.8, 4) is 16.9 Å². The number of aromatic hydroxyl groups is 1. The molecule has 0 fully saturated rings. The van der Waals surface area contributed by atoms with Crippen molar-refractivity contribution in [2.45, 2.75) is 6.92 Å². The maximum atomic E-state index is 9.35. The van der Waals surface area contributed by atoms with Crippen LogP contribution in [0.2, 0.25) is 0 Å². The van der Waals surface area contributed by atoms with Crippen molar-refractivity contribution < 1.29 is 5.11 Å². The van der Waals surface area contributed by atoms with Crippen LogP contribution in [0.1, 0.15) is 5.82 Å². The van der Waals surface area contributed by atoms with Gasteiger partial charge in [-0.2, -0.15) is 0 Å². The van der Waals surface area contributed by atoms with Gasteiger partial charge in [-0.15, -0.1) is 0 Å². The van der Waals surface area contributed by atoms with Crippen LogP contribution >= 0.6 is 0 Å². The first kappa shape index (κ1) is 10.8. The highest BCUT2D eigenvalue weighted by molar-refractivity contribution is 5.92. The summed E-state index contributed by atoms with van der Waals surface area (Å²) in [5.41, 5.74) is 4.29. The Bertz CT molecular complexity index is 711. The van der Waals surface area contributed by atoms with Gasteiger partial charge in [0.2, 0.25) is 0 Å². The molecule has 0 atom stereocenters. The second-order valence-corrected chi connectivity index (χ2v) is 4.44. The average Bonchev–Trinajstić information content (AvgIpc) is 2.67. The lowest BCUT2D eigenvalue weighted by Crippen LogP contribution is -1.89. The number of nitrogens with zero attached hydrogens (tertiary/aromatic N) is 2. The minimum atomic E-state index is 0.281. The molecule has 0 bridgehead atoms. The molecular formula is C15H14N2O. The summed E-state index contributed by atoms with van der Waals surface area (Å²) in [7, 11) is 2.02. The molecule has 3 aromatic rings. The van der Waals surface area contributed by atoms with Gasteiger partial charge in [-0.05, 0) is 30.7 Å². The van der Waals surface area contributed by atoms with Crippen LogP contribution in [0.3, 0.4) is 0 Å². The van der Waals surface area contributed by atoms with Crippen LogP contribution < -0.4 is 0 Å². The van der Waals surface area contributed by atoms with E-state index in [1.165, 1.54) is 0 Å². The van der Waals surface area contributed by atoms with Crippen molar-refractivity contribution in [3.63, 3.8) is 0 Å². The van der Waals surface area contributed by atoms with Gasteiger partial charge in [-0.1, -0.05) is 24.3 Å². The van der Waals surface area contributed by atoms with Crippen LogP contribution in [0.5, 0.6) is 5.75 Å². The summed E-state index contributed by atoms with van der Waals surface area (Å²) in [5, 5.41) is 9.35. The highest BCUT2D eigenvalue weighted by atomic mass is 16.3. The second kappa shape index (κ2) is 3.88. The molecule has 0 radical (unpaired) electrons. The maximum absolute atomic E-state index is 9.35. The molecule has 0 amide bonds. The van der Waals surface area contributed by atoms with E-state index >= 15 is 0 Å². The third kappa shape index (κ3) is 1.56. The van der Waals surface area contributed by atoms with Crippen LogP contribution in [0.25, 0.3) is 22.2 Å². The Morgan fingerprint density at radius 1 is 1.06 bits per heavy atom. The first-order valence-corrected chi connectivity index (χ1v) is 5.88. The second-order valence-electron chi connectivity index (χ2n) is 4.44. The van der Waals surface area contributed by atoms with Gasteiger partial charge in [0, 0.05) is 12.6 Å². The molecule has 0 saturated carbocycles. The first-order chi connectivity index (χ1) is 8.66. The van der Waals surface area contributed by atoms with Gasteiger partial charge in [-0.25, -0.2) is 4.98 Å². The number of hydrogen-bond acceptors (Lipinski definition) is 2. The zero-order valence-electron chi connectivity index (χ0n) is 10.4. The Balaban J connectivity index is 2.29. The van der Waals surface area contributed by atoms with E-state index in [0.717, 1.165) is 28.0 Å². The normalized spacial score (nSPS) is 11.0. The van der Waals surface area contributed by atoms with E-state index in [4.69, 9.17) is 0 Å². The van der Waals surface area contributed by atoms with Gasteiger partial charge in [0.1, 0.15) is 11.6 Å². The summed E-state index contributed by atoms with van der Waals surface area (Å²) < 4.78 is 2.08. The highest BCUT2D eigenvalue weighted by Gasteiger charge is 2.09. The van der Waals surface area contributed by atoms with Crippen molar-refractivity contribution in [1.29, 1.82) is 0 Å². The van der Waals surface area contributed by atoms with Crippen molar-refractivity contribution in [2.24, 2.45) is 7.05 Å². The maximum Gasteiger partial charge on any atom is 0.115 e. The van der Waals surface area contributed by atoms with E-state index in [9.17, 15) is 5.11 Å². The number of para-hydroxylation sites is 1. The fourth-order valence-electron chi connectivity index (χ4n) is 2.20. The number of aryl methyl sites for hydroxylation is 2. The molecule has 3 nitrogen and oxygen atoms in total. The van der Waals surface area contributed by atoms with Gasteiger partial charge < -0.3 is 9.67 Å². The molecule has 2 aromatic carbocycles. The smallest absolute Gasteiger partial charge is 0.115 e. The lowest BCUT2D eigenvalue weighted by Gasteiger charge is -2.03. The molecule has 1 N–H and O–H groups in total. The topological polar surface area (TPSA) is 38.1 Å². The number of fused-ring (bicyclic) bond motifs is 1. The lowest BCUT2D eigenvalue weighted by molar-refractivity contribution is 0.475. The average molecular weight is 238 g/mol. The van der Waals surface area contributed by atoms with Crippen LogP contribution in [0.4, 0.5) is 0 Å². The minimum absolute atomic E-state index is 0.281. The Hall–Kier alpha value is -2.29. The molecule has 1 heterocycles. The molecule has 0 saturated heterocycles. The molecule has 0 aliphatic carbocycles. The van der Waals surface area contributed by atoms with Gasteiger partial charge in [0.25, 0.3) is 0 Å². The summed E-state index contributed by atoms with van der Waals surface area (Å²) >= 11 is 0. The quantitative estimate of drug-likeness (QED) is 0.706. The SMILES string of the molecule is Cc1nc2c(-c3ccc(O)cc3)cccc2n1C. The zero-order chi connectivity index (χ0) is 12.7. The number of aromatic nitrogens is 2. The van der Waals surface area contributed by atoms with Crippen LogP contribution in [0.15, 0.2) is 42.5 Å². The summed E-state index contributed by atoms with van der Waals surface area (Å²) in [4.78, 5) is 4.61. The van der Waals surface area contributed by atoms with E-state index in [2.05, 4.69) is 21.7 Å². The van der Waals surface area contributed by atoms with Gasteiger partial charge in [0.05, 0.1) is 11.0 Å². The largest absolute Gasteiger partial charge is 0.508 e. The van der Waals surface area contributed by atoms with Crippen molar-refractivity contribution >= 4 is 11.0 Å². The number of imidazole rings is 1. The molecule has 0 spiro atoms. The zero-order valence-corrected chi connectivity index (χ0v) is 10.4. The van der Waals surface area contributed by atoms with Crippen LogP contribution in [-0.2, 0) is 7.05 Å². The molecule has 0 unspecified atom stereocenters. The van der Waals surface area contributed by atoms with Crippen molar-refractivity contribution in [3.05, 3.63) is 48.3 Å². The Morgan fingerprint density at radius 2 is 1.78 bits per heavy atom. The van der Waals surface area contributed by atoms with Crippen molar-refractivity contribution in [2.75, 3.05) is 0 Å². The molecule has 90 valence electrons. The standard InChI is InChI=1S/C15H14N2O/c1-10-16-15-13(4-3-5-14(15)17(10)2)11-6-8-12(18)9-7-11/h3-9,18H,1-2H3. The van der Waals surface area contributed by atoms with Gasteiger partial charge >= 0.3 is 0 Å². The summed E-state index contributed by atoms with van der Waals surface area (Å²) in [6.45, 7) is 2.00. The predicted molar refractivity (Wildman–Crippen MR) is 72.6 cm³/mol. The third-order valence-corrected chi connectivity index (χ3v) is 3.31. The lowest BCUT2D eigenvalue weighted by atomic mass is 10.0. The monoisotopic (exact) mass is 238 g/mol. The third-order valence-electron chi connectivity index (χ3n) is 3.31. The van der Waals surface area contributed by atoms with Gasteiger partial charge in [-0.3, -0.25) is 0 Å². The molecule has 0 aliphatic rings. The van der Waals surface area contributed by atoms with E-state index in [1.807, 2.05) is 32.2 Å². The first-order valence-electron chi connectivity index (χ1n) is 5.88. The molecule has 18 heavy (non-hydrogen) atoms. The summed E-state index contributed by atoms with van der Waals surface area (Å²) in [6, 6.07) is 13.4. The van der Waals surface area contributed by atoms with Gasteiger partial charge in [0.15, 0.2) is 0 Å². The number of phenolic OH excluding ortho intramolecular Hbond substituents is 1. The molecule has 0 aliphatic heterocycles. The Labute approximate surface area is 105 Å². The molecule has 1 aromatic heterocycles. The number of benzene rings is 2. The minimum Gasteiger partial charge on any atom is -0.508 e. The highest BCUT2D eigenvalue weighted by Crippen LogP contribution is 2.29. The number of hydrogen-bond donors (Lipinski definition) is 1. The van der Waals surface area contributed by atoms with Crippen LogP contribution in [0, 0.1) is 6.92 Å². The summed E-state index contributed by atoms with van der Waals surface area (Å²) in [6.07, 6.45) is 0. The number of phenols is 1. The van der Waals surface area contributed by atoms with Crippen LogP contribution in [-0.4, -0.2) is 14.7 Å². The molecule has 3 rings (SSSR count). The Morgan fingerprint density at radius 3 is 2.50 bits per heavy atom. The Kier molecular flexibility index (Phi) is 2.33. The van der Waals surface area contributed by atoms with E-state index in [0.29, 0.717) is 0 Å². The summed E-state index contributed by atoms with van der Waals surface area (Å²) in [5.74, 6) is 1.28. The number of rotatable bonds is 1. The van der Waals surface area contributed by atoms with E-state index in [1.54, 1.807) is 12.1 Å². The van der Waals surface area contributed by atoms with E-state index < -0.39 is 0 Å². The fraction of sp³-hybridized carbons (Fsp3) is 0.133.